The van der Waals surface area contributed by atoms with Gasteiger partial charge in [-0.2, -0.15) is 0 Å². The summed E-state index contributed by atoms with van der Waals surface area (Å²) in [5.41, 5.74) is 3.18. The molecule has 210 valence electrons. The second kappa shape index (κ2) is 13.6. The Bertz CT molecular complexity index is 1520. The maximum absolute atomic E-state index is 13.6. The van der Waals surface area contributed by atoms with Crippen LogP contribution in [0.25, 0.3) is 33.2 Å². The SMILES string of the molecule is C=CCC(/C=C/C(=O)NCC(CO)CCCP)c1cc2c(C(=O)NC)c(-c3ccc(F)cc3)oc2c2cc[nH]c12. The molecule has 0 bridgehead atoms. The number of halogens is 1. The zero-order valence-corrected chi connectivity index (χ0v) is 23.7. The van der Waals surface area contributed by atoms with Crippen molar-refractivity contribution in [2.75, 3.05) is 26.4 Å². The summed E-state index contributed by atoms with van der Waals surface area (Å²) in [6, 6.07) is 9.62. The molecule has 0 fully saturated rings. The Balaban J connectivity index is 1.75. The van der Waals surface area contributed by atoms with Crippen molar-refractivity contribution in [3.63, 3.8) is 0 Å². The third-order valence-corrected chi connectivity index (χ3v) is 7.43. The average Bonchev–Trinajstić information content (AvgIpc) is 3.60. The van der Waals surface area contributed by atoms with Crippen molar-refractivity contribution < 1.29 is 23.5 Å². The molecule has 4 rings (SSSR count). The molecule has 2 aromatic carbocycles. The Morgan fingerprint density at radius 3 is 2.67 bits per heavy atom. The van der Waals surface area contributed by atoms with Crippen molar-refractivity contribution in [1.82, 2.24) is 15.6 Å². The highest BCUT2D eigenvalue weighted by atomic mass is 31.0. The summed E-state index contributed by atoms with van der Waals surface area (Å²) in [6.07, 6.45) is 10.2. The molecular weight excluding hydrogens is 528 g/mol. The molecule has 0 aliphatic rings. The molecule has 7 nitrogen and oxygen atoms in total. The Morgan fingerprint density at radius 2 is 2.00 bits per heavy atom. The molecule has 2 aromatic heterocycles. The van der Waals surface area contributed by atoms with Gasteiger partial charge in [-0.15, -0.1) is 15.8 Å². The Labute approximate surface area is 235 Å². The fourth-order valence-electron chi connectivity index (χ4n) is 4.91. The quantitative estimate of drug-likeness (QED) is 0.0955. The highest BCUT2D eigenvalue weighted by molar-refractivity contribution is 7.16. The molecular formula is C31H35FN3O4P. The number of fused-ring (bicyclic) bond motifs is 3. The van der Waals surface area contributed by atoms with E-state index < -0.39 is 0 Å². The molecule has 3 unspecified atom stereocenters. The molecule has 2 heterocycles. The summed E-state index contributed by atoms with van der Waals surface area (Å²) in [5.74, 6) is -0.802. The molecule has 0 aliphatic carbocycles. The number of hydrogen-bond donors (Lipinski definition) is 4. The molecule has 40 heavy (non-hydrogen) atoms. The second-order valence-electron chi connectivity index (χ2n) is 9.72. The van der Waals surface area contributed by atoms with Crippen LogP contribution in [0.4, 0.5) is 4.39 Å². The number of allylic oxidation sites excluding steroid dienone is 2. The average molecular weight is 564 g/mol. The first-order valence-corrected chi connectivity index (χ1v) is 14.2. The summed E-state index contributed by atoms with van der Waals surface area (Å²) < 4.78 is 19.9. The minimum absolute atomic E-state index is 0.0161. The van der Waals surface area contributed by atoms with Crippen LogP contribution in [-0.2, 0) is 4.79 Å². The first kappa shape index (κ1) is 29.2. The van der Waals surface area contributed by atoms with E-state index in [9.17, 15) is 19.1 Å². The van der Waals surface area contributed by atoms with Crippen molar-refractivity contribution in [2.45, 2.75) is 25.2 Å². The van der Waals surface area contributed by atoms with Crippen LogP contribution >= 0.6 is 9.24 Å². The van der Waals surface area contributed by atoms with Gasteiger partial charge < -0.3 is 25.1 Å². The van der Waals surface area contributed by atoms with E-state index in [1.807, 2.05) is 18.2 Å². The zero-order valence-electron chi connectivity index (χ0n) is 22.5. The maximum atomic E-state index is 13.6. The molecule has 0 aliphatic heterocycles. The number of hydrogen-bond acceptors (Lipinski definition) is 4. The van der Waals surface area contributed by atoms with Gasteiger partial charge in [0.05, 0.1) is 11.1 Å². The molecule has 4 aromatic rings. The number of benzene rings is 2. The van der Waals surface area contributed by atoms with Gasteiger partial charge in [0.2, 0.25) is 5.91 Å². The number of carbonyl (C=O) groups is 2. The number of amides is 2. The lowest BCUT2D eigenvalue weighted by atomic mass is 9.91. The highest BCUT2D eigenvalue weighted by Crippen LogP contribution is 2.41. The number of aliphatic hydroxyl groups is 1. The number of aliphatic hydroxyl groups excluding tert-OH is 1. The zero-order chi connectivity index (χ0) is 28.6. The van der Waals surface area contributed by atoms with Gasteiger partial charge in [-0.25, -0.2) is 4.39 Å². The first-order valence-electron chi connectivity index (χ1n) is 13.3. The van der Waals surface area contributed by atoms with Crippen LogP contribution in [0, 0.1) is 11.7 Å². The summed E-state index contributed by atoms with van der Waals surface area (Å²) in [6.45, 7) is 4.33. The molecule has 9 heteroatoms. The number of aromatic nitrogens is 1. The van der Waals surface area contributed by atoms with Gasteiger partial charge in [-0.05, 0) is 79.4 Å². The summed E-state index contributed by atoms with van der Waals surface area (Å²) in [5, 5.41) is 16.6. The van der Waals surface area contributed by atoms with Crippen LogP contribution in [0.2, 0.25) is 0 Å². The van der Waals surface area contributed by atoms with Gasteiger partial charge in [0.1, 0.15) is 17.2 Å². The van der Waals surface area contributed by atoms with E-state index in [0.29, 0.717) is 40.8 Å². The molecule has 2 amide bonds. The van der Waals surface area contributed by atoms with Crippen molar-refractivity contribution in [3.8, 4) is 11.3 Å². The van der Waals surface area contributed by atoms with Crippen LogP contribution in [0.3, 0.4) is 0 Å². The minimum Gasteiger partial charge on any atom is -0.454 e. The van der Waals surface area contributed by atoms with E-state index in [2.05, 4.69) is 31.4 Å². The van der Waals surface area contributed by atoms with Crippen molar-refractivity contribution in [2.24, 2.45) is 5.92 Å². The van der Waals surface area contributed by atoms with Crippen molar-refractivity contribution in [1.29, 1.82) is 0 Å². The van der Waals surface area contributed by atoms with E-state index in [0.717, 1.165) is 35.5 Å². The predicted octanol–water partition coefficient (Wildman–Crippen LogP) is 5.68. The number of furan rings is 1. The standard InChI is InChI=1S/C31H35FN3O4P/c1-3-5-20(9-12-26(37)35-17-19(18-36)6-4-15-40)24-16-25-27(31(38)33-2)29(21-7-10-22(32)11-8-21)39-30(25)23-13-14-34-28(23)24/h3,7-14,16,19-20,34,36H,1,4-6,15,17-18,40H2,2H3,(H,33,38)(H,35,37)/b12-9+. The molecule has 0 saturated carbocycles. The second-order valence-corrected chi connectivity index (χ2v) is 10.3. The topological polar surface area (TPSA) is 107 Å². The number of nitrogens with one attached hydrogen (secondary N) is 3. The number of aromatic amines is 1. The molecule has 0 spiro atoms. The summed E-state index contributed by atoms with van der Waals surface area (Å²) >= 11 is 0. The largest absolute Gasteiger partial charge is 0.454 e. The lowest BCUT2D eigenvalue weighted by Gasteiger charge is -2.15. The third kappa shape index (κ3) is 6.35. The number of H-pyrrole nitrogens is 1. The van der Waals surface area contributed by atoms with Crippen LogP contribution < -0.4 is 10.6 Å². The van der Waals surface area contributed by atoms with E-state index in [1.165, 1.54) is 18.2 Å². The Morgan fingerprint density at radius 1 is 1.23 bits per heavy atom. The summed E-state index contributed by atoms with van der Waals surface area (Å²) in [4.78, 5) is 29.1. The molecule has 3 atom stereocenters. The highest BCUT2D eigenvalue weighted by Gasteiger charge is 2.26. The first-order chi connectivity index (χ1) is 19.4. The van der Waals surface area contributed by atoms with Crippen LogP contribution in [0.1, 0.15) is 41.1 Å². The lowest BCUT2D eigenvalue weighted by molar-refractivity contribution is -0.116. The third-order valence-electron chi connectivity index (χ3n) is 7.03. The fourth-order valence-corrected chi connectivity index (χ4v) is 5.15. The van der Waals surface area contributed by atoms with Crippen LogP contribution in [0.5, 0.6) is 0 Å². The minimum atomic E-state index is -0.383. The smallest absolute Gasteiger partial charge is 0.255 e. The van der Waals surface area contributed by atoms with Crippen molar-refractivity contribution in [3.05, 3.63) is 84.3 Å². The van der Waals surface area contributed by atoms with Gasteiger partial charge in [-0.1, -0.05) is 12.2 Å². The fraction of sp³-hybridized carbons (Fsp3) is 0.290. The van der Waals surface area contributed by atoms with Gasteiger partial charge in [0, 0.05) is 48.6 Å². The summed E-state index contributed by atoms with van der Waals surface area (Å²) in [7, 11) is 4.22. The molecule has 4 N–H and O–H groups in total. The predicted molar refractivity (Wildman–Crippen MR) is 161 cm³/mol. The van der Waals surface area contributed by atoms with Gasteiger partial charge in [0.15, 0.2) is 0 Å². The normalized spacial score (nSPS) is 13.1. The Kier molecular flexibility index (Phi) is 9.91. The molecule has 0 radical (unpaired) electrons. The van der Waals surface area contributed by atoms with E-state index >= 15 is 0 Å². The van der Waals surface area contributed by atoms with Gasteiger partial charge in [-0.3, -0.25) is 9.59 Å². The molecule has 0 saturated heterocycles. The van der Waals surface area contributed by atoms with E-state index in [4.69, 9.17) is 4.42 Å². The monoisotopic (exact) mass is 563 g/mol. The number of rotatable bonds is 13. The maximum Gasteiger partial charge on any atom is 0.255 e. The Hall–Kier alpha value is -3.74. The lowest BCUT2D eigenvalue weighted by Crippen LogP contribution is -2.29. The van der Waals surface area contributed by atoms with E-state index in [1.54, 1.807) is 31.5 Å². The van der Waals surface area contributed by atoms with Gasteiger partial charge in [0.25, 0.3) is 5.91 Å². The van der Waals surface area contributed by atoms with Crippen LogP contribution in [0.15, 0.2) is 71.8 Å². The van der Waals surface area contributed by atoms with Crippen LogP contribution in [-0.4, -0.2) is 48.3 Å². The van der Waals surface area contributed by atoms with Gasteiger partial charge >= 0.3 is 0 Å². The van der Waals surface area contributed by atoms with Crippen molar-refractivity contribution >= 4 is 42.9 Å². The van der Waals surface area contributed by atoms with E-state index in [-0.39, 0.29) is 36.1 Å². The number of carbonyl (C=O) groups excluding carboxylic acids is 2.